The summed E-state index contributed by atoms with van der Waals surface area (Å²) >= 11 is 0. The van der Waals surface area contributed by atoms with E-state index in [0.29, 0.717) is 11.7 Å². The highest BCUT2D eigenvalue weighted by molar-refractivity contribution is 5.73. The molecule has 1 aromatic heterocycles. The largest absolute Gasteiger partial charge is 0.497 e. The van der Waals surface area contributed by atoms with E-state index in [-0.39, 0.29) is 0 Å². The molecule has 0 bridgehead atoms. The summed E-state index contributed by atoms with van der Waals surface area (Å²) in [5.41, 5.74) is 7.59. The van der Waals surface area contributed by atoms with Crippen LogP contribution in [-0.4, -0.2) is 21.9 Å². The van der Waals surface area contributed by atoms with Gasteiger partial charge in [0.1, 0.15) is 12.1 Å². The highest BCUT2D eigenvalue weighted by Crippen LogP contribution is 2.38. The predicted octanol–water partition coefficient (Wildman–Crippen LogP) is 1.87. The molecule has 2 aromatic rings. The third kappa shape index (κ3) is 1.73. The molecule has 1 aliphatic carbocycles. The molecule has 5 heteroatoms. The first-order valence-electron chi connectivity index (χ1n) is 5.63. The number of nitrogen functional groups attached to an aromatic ring is 1. The number of rotatable bonds is 3. The molecule has 0 atom stereocenters. The Hall–Kier alpha value is -2.04. The van der Waals surface area contributed by atoms with Gasteiger partial charge in [-0.1, -0.05) is 0 Å². The third-order valence-electron chi connectivity index (χ3n) is 3.01. The van der Waals surface area contributed by atoms with Crippen molar-refractivity contribution in [1.29, 1.82) is 0 Å². The Kier molecular flexibility index (Phi) is 2.24. The van der Waals surface area contributed by atoms with Crippen LogP contribution in [0, 0.1) is 0 Å². The molecule has 88 valence electrons. The average Bonchev–Trinajstić information content (AvgIpc) is 3.08. The summed E-state index contributed by atoms with van der Waals surface area (Å²) in [6, 6.07) is 6.16. The van der Waals surface area contributed by atoms with Crippen LogP contribution in [-0.2, 0) is 0 Å². The van der Waals surface area contributed by atoms with Crippen LogP contribution in [0.5, 0.6) is 5.75 Å². The second-order valence-electron chi connectivity index (χ2n) is 4.25. The maximum atomic E-state index is 6.02. The molecular weight excluding hydrogens is 216 g/mol. The van der Waals surface area contributed by atoms with Crippen molar-refractivity contribution < 1.29 is 4.74 Å². The highest BCUT2D eigenvalue weighted by atomic mass is 16.5. The van der Waals surface area contributed by atoms with Crippen molar-refractivity contribution >= 4 is 5.69 Å². The SMILES string of the molecule is COc1ccc(-c2nncn2C2CC2)c(N)c1. The first kappa shape index (κ1) is 10.1. The zero-order valence-corrected chi connectivity index (χ0v) is 9.63. The van der Waals surface area contributed by atoms with Crippen molar-refractivity contribution in [2.24, 2.45) is 0 Å². The summed E-state index contributed by atoms with van der Waals surface area (Å²) in [5.74, 6) is 1.59. The first-order valence-corrected chi connectivity index (χ1v) is 5.63. The minimum Gasteiger partial charge on any atom is -0.497 e. The summed E-state index contributed by atoms with van der Waals surface area (Å²) in [4.78, 5) is 0. The van der Waals surface area contributed by atoms with Gasteiger partial charge in [0.05, 0.1) is 7.11 Å². The van der Waals surface area contributed by atoms with Crippen molar-refractivity contribution in [1.82, 2.24) is 14.8 Å². The smallest absolute Gasteiger partial charge is 0.166 e. The van der Waals surface area contributed by atoms with Crippen LogP contribution in [0.1, 0.15) is 18.9 Å². The number of nitrogens with zero attached hydrogens (tertiary/aromatic N) is 3. The van der Waals surface area contributed by atoms with E-state index in [1.54, 1.807) is 19.5 Å². The second-order valence-corrected chi connectivity index (χ2v) is 4.25. The van der Waals surface area contributed by atoms with Gasteiger partial charge < -0.3 is 15.0 Å². The fourth-order valence-corrected chi connectivity index (χ4v) is 1.93. The van der Waals surface area contributed by atoms with Crippen molar-refractivity contribution in [2.75, 3.05) is 12.8 Å². The Balaban J connectivity index is 2.05. The molecule has 1 aliphatic rings. The van der Waals surface area contributed by atoms with Crippen molar-refractivity contribution in [3.8, 4) is 17.1 Å². The van der Waals surface area contributed by atoms with Crippen LogP contribution in [0.15, 0.2) is 24.5 Å². The average molecular weight is 230 g/mol. The molecule has 1 aromatic carbocycles. The number of methoxy groups -OCH3 is 1. The van der Waals surface area contributed by atoms with E-state index in [1.807, 2.05) is 12.1 Å². The Morgan fingerprint density at radius 1 is 1.41 bits per heavy atom. The molecule has 0 aliphatic heterocycles. The van der Waals surface area contributed by atoms with Crippen LogP contribution < -0.4 is 10.5 Å². The van der Waals surface area contributed by atoms with Crippen LogP contribution in [0.4, 0.5) is 5.69 Å². The zero-order chi connectivity index (χ0) is 11.8. The van der Waals surface area contributed by atoms with Gasteiger partial charge >= 0.3 is 0 Å². The lowest BCUT2D eigenvalue weighted by atomic mass is 10.1. The van der Waals surface area contributed by atoms with E-state index >= 15 is 0 Å². The number of nitrogens with two attached hydrogens (primary N) is 1. The fourth-order valence-electron chi connectivity index (χ4n) is 1.93. The van der Waals surface area contributed by atoms with E-state index in [0.717, 1.165) is 17.1 Å². The lowest BCUT2D eigenvalue weighted by molar-refractivity contribution is 0.415. The lowest BCUT2D eigenvalue weighted by Gasteiger charge is -2.08. The topological polar surface area (TPSA) is 66.0 Å². The molecule has 1 saturated carbocycles. The molecule has 0 saturated heterocycles. The number of aromatic nitrogens is 3. The molecule has 0 amide bonds. The number of benzene rings is 1. The van der Waals surface area contributed by atoms with Crippen molar-refractivity contribution in [3.05, 3.63) is 24.5 Å². The maximum absolute atomic E-state index is 6.02. The summed E-state index contributed by atoms with van der Waals surface area (Å²) in [6.07, 6.45) is 4.17. The van der Waals surface area contributed by atoms with Gasteiger partial charge in [-0.2, -0.15) is 0 Å². The predicted molar refractivity (Wildman–Crippen MR) is 64.7 cm³/mol. The third-order valence-corrected chi connectivity index (χ3v) is 3.01. The van der Waals surface area contributed by atoms with Crippen LogP contribution >= 0.6 is 0 Å². The van der Waals surface area contributed by atoms with Gasteiger partial charge in [0.2, 0.25) is 0 Å². The van der Waals surface area contributed by atoms with Gasteiger partial charge in [0.25, 0.3) is 0 Å². The molecule has 1 fully saturated rings. The monoisotopic (exact) mass is 230 g/mol. The van der Waals surface area contributed by atoms with Crippen molar-refractivity contribution in [2.45, 2.75) is 18.9 Å². The summed E-state index contributed by atoms with van der Waals surface area (Å²) in [5, 5.41) is 8.13. The Labute approximate surface area is 99.2 Å². The van der Waals surface area contributed by atoms with Crippen molar-refractivity contribution in [3.63, 3.8) is 0 Å². The van der Waals surface area contributed by atoms with E-state index in [9.17, 15) is 0 Å². The van der Waals surface area contributed by atoms with Gasteiger partial charge in [-0.3, -0.25) is 0 Å². The molecular formula is C12H14N4O. The lowest BCUT2D eigenvalue weighted by Crippen LogP contribution is -1.99. The maximum Gasteiger partial charge on any atom is 0.166 e. The minimum absolute atomic E-state index is 0.543. The molecule has 0 radical (unpaired) electrons. The van der Waals surface area contributed by atoms with E-state index < -0.39 is 0 Å². The standard InChI is InChI=1S/C12H14N4O/c1-17-9-4-5-10(11(13)6-9)12-15-14-7-16(12)8-2-3-8/h4-8H,2-3,13H2,1H3. The number of hydrogen-bond donors (Lipinski definition) is 1. The van der Waals surface area contributed by atoms with Gasteiger partial charge in [-0.15, -0.1) is 10.2 Å². The highest BCUT2D eigenvalue weighted by Gasteiger charge is 2.27. The number of anilines is 1. The van der Waals surface area contributed by atoms with E-state index in [4.69, 9.17) is 10.5 Å². The van der Waals surface area contributed by atoms with E-state index in [2.05, 4.69) is 14.8 Å². The molecule has 0 unspecified atom stereocenters. The number of ether oxygens (including phenoxy) is 1. The Morgan fingerprint density at radius 3 is 2.88 bits per heavy atom. The zero-order valence-electron chi connectivity index (χ0n) is 9.63. The van der Waals surface area contributed by atoms with Crippen LogP contribution in [0.25, 0.3) is 11.4 Å². The molecule has 1 heterocycles. The molecule has 3 rings (SSSR count). The van der Waals surface area contributed by atoms with Crippen LogP contribution in [0.2, 0.25) is 0 Å². The van der Waals surface area contributed by atoms with Gasteiger partial charge in [-0.25, -0.2) is 0 Å². The summed E-state index contributed by atoms with van der Waals surface area (Å²) in [7, 11) is 1.63. The van der Waals surface area contributed by atoms with Gasteiger partial charge in [0.15, 0.2) is 5.82 Å². The normalized spacial score (nSPS) is 14.9. The Bertz CT molecular complexity index is 545. The first-order chi connectivity index (χ1) is 8.29. The van der Waals surface area contributed by atoms with Crippen LogP contribution in [0.3, 0.4) is 0 Å². The minimum atomic E-state index is 0.543. The molecule has 17 heavy (non-hydrogen) atoms. The van der Waals surface area contributed by atoms with Gasteiger partial charge in [0, 0.05) is 23.4 Å². The molecule has 2 N–H and O–H groups in total. The number of hydrogen-bond acceptors (Lipinski definition) is 4. The van der Waals surface area contributed by atoms with Gasteiger partial charge in [-0.05, 0) is 25.0 Å². The molecule has 5 nitrogen and oxygen atoms in total. The Morgan fingerprint density at radius 2 is 2.24 bits per heavy atom. The fraction of sp³-hybridized carbons (Fsp3) is 0.333. The van der Waals surface area contributed by atoms with E-state index in [1.165, 1.54) is 12.8 Å². The second kappa shape index (κ2) is 3.76. The quantitative estimate of drug-likeness (QED) is 0.817. The summed E-state index contributed by atoms with van der Waals surface area (Å²) in [6.45, 7) is 0. The molecule has 0 spiro atoms. The summed E-state index contributed by atoms with van der Waals surface area (Å²) < 4.78 is 7.23.